The lowest BCUT2D eigenvalue weighted by Gasteiger charge is -2.17. The number of hydrogen-bond acceptors (Lipinski definition) is 3. The molecule has 94 valence electrons. The summed E-state index contributed by atoms with van der Waals surface area (Å²) < 4.78 is 5.70. The zero-order valence-electron chi connectivity index (χ0n) is 10.4. The molecule has 1 rings (SSSR count). The van der Waals surface area contributed by atoms with Crippen molar-refractivity contribution in [2.24, 2.45) is 0 Å². The number of para-hydroxylation sites is 1. The van der Waals surface area contributed by atoms with Gasteiger partial charge >= 0.3 is 5.97 Å². The van der Waals surface area contributed by atoms with Gasteiger partial charge in [-0.25, -0.2) is 4.79 Å². The van der Waals surface area contributed by atoms with E-state index in [1.807, 2.05) is 0 Å². The van der Waals surface area contributed by atoms with E-state index in [-0.39, 0.29) is 10.3 Å². The van der Waals surface area contributed by atoms with Gasteiger partial charge in [-0.15, -0.1) is 0 Å². The molecule has 0 aromatic heterocycles. The number of benzene rings is 1. The second-order valence-electron chi connectivity index (χ2n) is 4.61. The molecule has 0 aliphatic heterocycles. The van der Waals surface area contributed by atoms with Crippen molar-refractivity contribution in [2.75, 3.05) is 12.4 Å². The summed E-state index contributed by atoms with van der Waals surface area (Å²) in [5, 5.41) is 8.97. The van der Waals surface area contributed by atoms with Gasteiger partial charge < -0.3 is 9.84 Å². The molecule has 0 atom stereocenters. The van der Waals surface area contributed by atoms with Crippen molar-refractivity contribution in [2.45, 2.75) is 25.5 Å². The van der Waals surface area contributed by atoms with Crippen LogP contribution < -0.4 is 4.74 Å². The Balaban J connectivity index is 2.49. The maximum atomic E-state index is 10.9. The van der Waals surface area contributed by atoms with E-state index in [9.17, 15) is 4.79 Å². The molecule has 0 bridgehead atoms. The number of carboxylic acids is 1. The first-order valence-corrected chi connectivity index (χ1v) is 6.48. The lowest BCUT2D eigenvalue weighted by Crippen LogP contribution is -2.12. The van der Waals surface area contributed by atoms with Crippen molar-refractivity contribution in [3.8, 4) is 5.75 Å². The van der Waals surface area contributed by atoms with Gasteiger partial charge in [-0.2, -0.15) is 11.8 Å². The molecule has 0 aliphatic carbocycles. The van der Waals surface area contributed by atoms with Crippen LogP contribution in [0.2, 0.25) is 0 Å². The van der Waals surface area contributed by atoms with Gasteiger partial charge in [-0.1, -0.05) is 32.9 Å². The Hall–Kier alpha value is -1.16. The van der Waals surface area contributed by atoms with Crippen LogP contribution in [0.4, 0.5) is 0 Å². The third-order valence-electron chi connectivity index (χ3n) is 1.99. The predicted molar refractivity (Wildman–Crippen MR) is 71.1 cm³/mol. The first kappa shape index (κ1) is 13.9. The molecule has 1 aromatic rings. The van der Waals surface area contributed by atoms with Crippen molar-refractivity contribution in [1.82, 2.24) is 0 Å². The fraction of sp³-hybridized carbons (Fsp3) is 0.462. The lowest BCUT2D eigenvalue weighted by molar-refractivity contribution is 0.0692. The van der Waals surface area contributed by atoms with E-state index in [0.29, 0.717) is 12.4 Å². The molecular formula is C13H18O3S. The van der Waals surface area contributed by atoms with Gasteiger partial charge in [0.2, 0.25) is 0 Å². The zero-order valence-corrected chi connectivity index (χ0v) is 11.2. The molecule has 0 fully saturated rings. The number of rotatable bonds is 5. The molecule has 4 heteroatoms. The first-order valence-electron chi connectivity index (χ1n) is 5.49. The number of carboxylic acid groups (broad SMARTS) is 1. The highest BCUT2D eigenvalue weighted by Gasteiger charge is 2.12. The van der Waals surface area contributed by atoms with Gasteiger partial charge in [0.25, 0.3) is 0 Å². The molecule has 0 unspecified atom stereocenters. The summed E-state index contributed by atoms with van der Waals surface area (Å²) in [5.74, 6) is 0.329. The molecule has 0 radical (unpaired) electrons. The van der Waals surface area contributed by atoms with Crippen molar-refractivity contribution in [3.63, 3.8) is 0 Å². The Labute approximate surface area is 106 Å². The average Bonchev–Trinajstić information content (AvgIpc) is 2.23. The second kappa shape index (κ2) is 5.96. The minimum absolute atomic E-state index is 0.204. The molecule has 17 heavy (non-hydrogen) atoms. The molecule has 0 saturated carbocycles. The molecule has 0 saturated heterocycles. The Morgan fingerprint density at radius 3 is 2.59 bits per heavy atom. The average molecular weight is 254 g/mol. The van der Waals surface area contributed by atoms with E-state index in [4.69, 9.17) is 9.84 Å². The fourth-order valence-electron chi connectivity index (χ4n) is 1.27. The molecule has 0 aliphatic rings. The van der Waals surface area contributed by atoms with Gasteiger partial charge in [0.15, 0.2) is 0 Å². The van der Waals surface area contributed by atoms with Crippen LogP contribution in [-0.2, 0) is 0 Å². The normalized spacial score (nSPS) is 11.2. The summed E-state index contributed by atoms with van der Waals surface area (Å²) >= 11 is 1.79. The van der Waals surface area contributed by atoms with Crippen LogP contribution in [0.15, 0.2) is 24.3 Å². The highest BCUT2D eigenvalue weighted by Crippen LogP contribution is 2.23. The third kappa shape index (κ3) is 5.13. The van der Waals surface area contributed by atoms with Crippen molar-refractivity contribution in [1.29, 1.82) is 0 Å². The van der Waals surface area contributed by atoms with E-state index in [1.54, 1.807) is 36.0 Å². The largest absolute Gasteiger partial charge is 0.492 e. The summed E-state index contributed by atoms with van der Waals surface area (Å²) in [4.78, 5) is 10.9. The van der Waals surface area contributed by atoms with E-state index in [0.717, 1.165) is 5.75 Å². The van der Waals surface area contributed by atoms with Crippen molar-refractivity contribution < 1.29 is 14.6 Å². The summed E-state index contributed by atoms with van der Waals surface area (Å²) in [6.07, 6.45) is 0. The van der Waals surface area contributed by atoms with Gasteiger partial charge in [0.05, 0.1) is 6.61 Å². The SMILES string of the molecule is CC(C)(C)SCCOc1ccccc1C(=O)O. The van der Waals surface area contributed by atoms with Crippen LogP contribution in [0, 0.1) is 0 Å². The number of thioether (sulfide) groups is 1. The second-order valence-corrected chi connectivity index (χ2v) is 6.53. The molecule has 1 N–H and O–H groups in total. The number of carbonyl (C=O) groups is 1. The Kier molecular flexibility index (Phi) is 4.87. The summed E-state index contributed by atoms with van der Waals surface area (Å²) in [5.41, 5.74) is 0.216. The van der Waals surface area contributed by atoms with Crippen molar-refractivity contribution >= 4 is 17.7 Å². The van der Waals surface area contributed by atoms with E-state index in [1.165, 1.54) is 0 Å². The Morgan fingerprint density at radius 1 is 1.35 bits per heavy atom. The summed E-state index contributed by atoms with van der Waals surface area (Å²) in [6, 6.07) is 6.71. The van der Waals surface area contributed by atoms with Gasteiger partial charge in [-0.3, -0.25) is 0 Å². The molecule has 3 nitrogen and oxygen atoms in total. The smallest absolute Gasteiger partial charge is 0.339 e. The standard InChI is InChI=1S/C13H18O3S/c1-13(2,3)17-9-8-16-11-7-5-4-6-10(11)12(14)15/h4-7H,8-9H2,1-3H3,(H,14,15). The summed E-state index contributed by atoms with van der Waals surface area (Å²) in [6.45, 7) is 6.95. The highest BCUT2D eigenvalue weighted by molar-refractivity contribution is 8.00. The van der Waals surface area contributed by atoms with Gasteiger partial charge in [0.1, 0.15) is 11.3 Å². The van der Waals surface area contributed by atoms with Gasteiger partial charge in [0, 0.05) is 10.5 Å². The molecule has 1 aromatic carbocycles. The van der Waals surface area contributed by atoms with E-state index >= 15 is 0 Å². The van der Waals surface area contributed by atoms with Crippen LogP contribution in [0.1, 0.15) is 31.1 Å². The van der Waals surface area contributed by atoms with Crippen LogP contribution in [0.5, 0.6) is 5.75 Å². The third-order valence-corrected chi connectivity index (χ3v) is 3.23. The Bertz CT molecular complexity index is 382. The van der Waals surface area contributed by atoms with Crippen LogP contribution >= 0.6 is 11.8 Å². The topological polar surface area (TPSA) is 46.5 Å². The molecule has 0 heterocycles. The maximum Gasteiger partial charge on any atom is 0.339 e. The number of ether oxygens (including phenoxy) is 1. The minimum Gasteiger partial charge on any atom is -0.492 e. The highest BCUT2D eigenvalue weighted by atomic mass is 32.2. The number of aromatic carboxylic acids is 1. The Morgan fingerprint density at radius 2 is 2.00 bits per heavy atom. The minimum atomic E-state index is -0.955. The lowest BCUT2D eigenvalue weighted by atomic mass is 10.2. The molecular weight excluding hydrogens is 236 g/mol. The van der Waals surface area contributed by atoms with Gasteiger partial charge in [-0.05, 0) is 12.1 Å². The molecule has 0 amide bonds. The van der Waals surface area contributed by atoms with Crippen LogP contribution in [0.25, 0.3) is 0 Å². The maximum absolute atomic E-state index is 10.9. The fourth-order valence-corrected chi connectivity index (χ4v) is 2.05. The molecule has 0 spiro atoms. The monoisotopic (exact) mass is 254 g/mol. The van der Waals surface area contributed by atoms with Crippen LogP contribution in [-0.4, -0.2) is 28.2 Å². The van der Waals surface area contributed by atoms with Crippen molar-refractivity contribution in [3.05, 3.63) is 29.8 Å². The number of hydrogen-bond donors (Lipinski definition) is 1. The van der Waals surface area contributed by atoms with E-state index < -0.39 is 5.97 Å². The predicted octanol–water partition coefficient (Wildman–Crippen LogP) is 3.30. The first-order chi connectivity index (χ1) is 7.90. The zero-order chi connectivity index (χ0) is 12.9. The van der Waals surface area contributed by atoms with E-state index in [2.05, 4.69) is 20.8 Å². The summed E-state index contributed by atoms with van der Waals surface area (Å²) in [7, 11) is 0. The van der Waals surface area contributed by atoms with Crippen LogP contribution in [0.3, 0.4) is 0 Å². The quantitative estimate of drug-likeness (QED) is 0.819.